The first kappa shape index (κ1) is 17.5. The quantitative estimate of drug-likeness (QED) is 0.531. The average Bonchev–Trinajstić information content (AvgIpc) is 2.09. The summed E-state index contributed by atoms with van der Waals surface area (Å²) in [5.41, 5.74) is 1.03. The van der Waals surface area contributed by atoms with Gasteiger partial charge in [-0.05, 0) is 0 Å². The SMILES string of the molecule is CC(CCC(C)(C)C)[Se]C(C)CCC(C)(C)C. The van der Waals surface area contributed by atoms with Gasteiger partial charge in [-0.25, -0.2) is 0 Å². The molecule has 0 amide bonds. The second kappa shape index (κ2) is 7.19. The van der Waals surface area contributed by atoms with E-state index >= 15 is 0 Å². The van der Waals surface area contributed by atoms with Crippen LogP contribution in [0.4, 0.5) is 0 Å². The van der Waals surface area contributed by atoms with E-state index in [9.17, 15) is 0 Å². The Morgan fingerprint density at radius 1 is 0.706 bits per heavy atom. The van der Waals surface area contributed by atoms with E-state index in [2.05, 4.69) is 55.4 Å². The van der Waals surface area contributed by atoms with E-state index in [1.54, 1.807) is 0 Å². The van der Waals surface area contributed by atoms with Crippen LogP contribution in [0.1, 0.15) is 81.1 Å². The van der Waals surface area contributed by atoms with Gasteiger partial charge >= 0.3 is 116 Å². The van der Waals surface area contributed by atoms with E-state index in [4.69, 9.17) is 0 Å². The molecule has 0 saturated heterocycles. The van der Waals surface area contributed by atoms with Crippen molar-refractivity contribution in [2.75, 3.05) is 0 Å². The van der Waals surface area contributed by atoms with Crippen LogP contribution < -0.4 is 0 Å². The Kier molecular flexibility index (Phi) is 7.41. The van der Waals surface area contributed by atoms with Gasteiger partial charge in [-0.15, -0.1) is 0 Å². The van der Waals surface area contributed by atoms with Crippen LogP contribution in [-0.2, 0) is 0 Å². The van der Waals surface area contributed by atoms with E-state index in [-0.39, 0.29) is 0 Å². The van der Waals surface area contributed by atoms with Gasteiger partial charge in [-0.2, -0.15) is 0 Å². The van der Waals surface area contributed by atoms with Crippen molar-refractivity contribution in [1.82, 2.24) is 0 Å². The molecule has 0 bridgehead atoms. The molecule has 0 heterocycles. The fourth-order valence-electron chi connectivity index (χ4n) is 1.81. The van der Waals surface area contributed by atoms with Crippen LogP contribution in [0.5, 0.6) is 0 Å². The molecule has 0 rings (SSSR count). The van der Waals surface area contributed by atoms with Crippen molar-refractivity contribution in [1.29, 1.82) is 0 Å². The molecule has 0 nitrogen and oxygen atoms in total. The monoisotopic (exact) mass is 306 g/mol. The van der Waals surface area contributed by atoms with Crippen molar-refractivity contribution < 1.29 is 0 Å². The Morgan fingerprint density at radius 3 is 1.24 bits per heavy atom. The molecule has 0 aliphatic carbocycles. The maximum absolute atomic E-state index is 2.46. The van der Waals surface area contributed by atoms with Crippen molar-refractivity contribution in [2.24, 2.45) is 10.8 Å². The van der Waals surface area contributed by atoms with Gasteiger partial charge in [0, 0.05) is 0 Å². The second-order valence-corrected chi connectivity index (χ2v) is 11.9. The summed E-state index contributed by atoms with van der Waals surface area (Å²) in [5.74, 6) is 0. The summed E-state index contributed by atoms with van der Waals surface area (Å²) in [6, 6.07) is 0. The Balaban J connectivity index is 3.77. The van der Waals surface area contributed by atoms with E-state index in [1.807, 2.05) is 0 Å². The molecule has 2 unspecified atom stereocenters. The topological polar surface area (TPSA) is 0 Å². The zero-order valence-corrected chi connectivity index (χ0v) is 15.1. The first-order valence-electron chi connectivity index (χ1n) is 7.15. The van der Waals surface area contributed by atoms with Crippen LogP contribution >= 0.6 is 0 Å². The molecule has 1 heteroatoms. The molecule has 0 radical (unpaired) electrons. The van der Waals surface area contributed by atoms with Crippen LogP contribution in [-0.4, -0.2) is 15.0 Å². The van der Waals surface area contributed by atoms with Gasteiger partial charge in [0.05, 0.1) is 0 Å². The second-order valence-electron chi connectivity index (χ2n) is 7.96. The zero-order chi connectivity index (χ0) is 13.7. The van der Waals surface area contributed by atoms with E-state index < -0.39 is 0 Å². The molecule has 0 saturated carbocycles. The molecular formula is C16H34Se. The molecule has 0 N–H and O–H groups in total. The summed E-state index contributed by atoms with van der Waals surface area (Å²) in [7, 11) is 0. The van der Waals surface area contributed by atoms with E-state index in [0.717, 1.165) is 24.6 Å². The predicted molar refractivity (Wildman–Crippen MR) is 82.0 cm³/mol. The molecule has 104 valence electrons. The molecular weight excluding hydrogens is 271 g/mol. The fraction of sp³-hybridized carbons (Fsp3) is 1.00. The molecule has 0 aliphatic heterocycles. The molecule has 0 spiro atoms. The van der Waals surface area contributed by atoms with Crippen LogP contribution in [0.3, 0.4) is 0 Å². The minimum atomic E-state index is 0.513. The van der Waals surface area contributed by atoms with Crippen LogP contribution in [0.2, 0.25) is 9.63 Å². The molecule has 0 aromatic carbocycles. The Bertz CT molecular complexity index is 173. The first-order chi connectivity index (χ1) is 7.49. The van der Waals surface area contributed by atoms with Crippen molar-refractivity contribution in [3.8, 4) is 0 Å². The van der Waals surface area contributed by atoms with E-state index in [0.29, 0.717) is 10.8 Å². The Hall–Kier alpha value is 0.519. The van der Waals surface area contributed by atoms with Crippen LogP contribution in [0.25, 0.3) is 0 Å². The van der Waals surface area contributed by atoms with Gasteiger partial charge in [0.15, 0.2) is 0 Å². The summed E-state index contributed by atoms with van der Waals surface area (Å²) in [6.07, 6.45) is 5.59. The zero-order valence-electron chi connectivity index (χ0n) is 13.4. The van der Waals surface area contributed by atoms with Crippen LogP contribution in [0, 0.1) is 10.8 Å². The number of hydrogen-bond donors (Lipinski definition) is 0. The van der Waals surface area contributed by atoms with E-state index in [1.165, 1.54) is 25.7 Å². The number of rotatable bonds is 6. The van der Waals surface area contributed by atoms with Crippen molar-refractivity contribution in [3.63, 3.8) is 0 Å². The Morgan fingerprint density at radius 2 is 1.00 bits per heavy atom. The van der Waals surface area contributed by atoms with Crippen LogP contribution in [0.15, 0.2) is 0 Å². The van der Waals surface area contributed by atoms with Gasteiger partial charge in [0.2, 0.25) is 0 Å². The molecule has 0 fully saturated rings. The summed E-state index contributed by atoms with van der Waals surface area (Å²) in [6.45, 7) is 19.1. The van der Waals surface area contributed by atoms with Gasteiger partial charge < -0.3 is 0 Å². The standard InChI is InChI=1S/C16H34Se/c1-13(9-11-15(3,4)5)17-14(2)10-12-16(6,7)8/h13-14H,9-12H2,1-8H3. The van der Waals surface area contributed by atoms with Gasteiger partial charge in [-0.1, -0.05) is 0 Å². The normalized spacial score (nSPS) is 16.9. The molecule has 17 heavy (non-hydrogen) atoms. The first-order valence-corrected chi connectivity index (χ1v) is 9.13. The molecule has 0 aromatic rings. The summed E-state index contributed by atoms with van der Waals surface area (Å²) >= 11 is 0.830. The average molecular weight is 305 g/mol. The Labute approximate surface area is 116 Å². The summed E-state index contributed by atoms with van der Waals surface area (Å²) in [5, 5.41) is 0. The van der Waals surface area contributed by atoms with Crippen molar-refractivity contribution in [2.45, 2.75) is 90.7 Å². The molecule has 2 atom stereocenters. The number of hydrogen-bond acceptors (Lipinski definition) is 0. The minimum absolute atomic E-state index is 0.513. The van der Waals surface area contributed by atoms with Gasteiger partial charge in [0.25, 0.3) is 0 Å². The predicted octanol–water partition coefficient (Wildman–Crippen LogP) is 5.96. The summed E-state index contributed by atoms with van der Waals surface area (Å²) in [4.78, 5) is 1.91. The third-order valence-corrected chi connectivity index (χ3v) is 6.00. The molecule has 0 aromatic heterocycles. The summed E-state index contributed by atoms with van der Waals surface area (Å²) < 4.78 is 0. The van der Waals surface area contributed by atoms with Gasteiger partial charge in [0.1, 0.15) is 0 Å². The molecule has 0 aliphatic rings. The fourth-order valence-corrected chi connectivity index (χ4v) is 4.53. The van der Waals surface area contributed by atoms with Crippen molar-refractivity contribution in [3.05, 3.63) is 0 Å². The maximum atomic E-state index is 2.46. The van der Waals surface area contributed by atoms with Crippen molar-refractivity contribution >= 4 is 15.0 Å². The van der Waals surface area contributed by atoms with Gasteiger partial charge in [-0.3, -0.25) is 0 Å². The third kappa shape index (κ3) is 12.8. The third-order valence-electron chi connectivity index (χ3n) is 3.07.